The number of carbonyl (C=O) groups excluding carboxylic acids is 1. The molecule has 1 N–H and O–H groups in total. The van der Waals surface area contributed by atoms with Crippen molar-refractivity contribution in [2.75, 3.05) is 6.54 Å². The molecule has 0 bridgehead atoms. The molecule has 22 heavy (non-hydrogen) atoms. The van der Waals surface area contributed by atoms with E-state index in [-0.39, 0.29) is 5.91 Å². The van der Waals surface area contributed by atoms with Crippen molar-refractivity contribution >= 4 is 17.2 Å². The van der Waals surface area contributed by atoms with Crippen molar-refractivity contribution < 1.29 is 9.53 Å². The normalized spacial score (nSPS) is 10.5. The van der Waals surface area contributed by atoms with Crippen LogP contribution in [0.15, 0.2) is 23.7 Å². The molecule has 0 atom stereocenters. The monoisotopic (exact) mass is 319 g/mol. The summed E-state index contributed by atoms with van der Waals surface area (Å²) in [5, 5.41) is 5.83. The minimum absolute atomic E-state index is 0.105. The molecule has 1 amide bonds. The number of hydrogen-bond acceptors (Lipinski definition) is 5. The number of thiazole rings is 1. The van der Waals surface area contributed by atoms with Gasteiger partial charge in [0, 0.05) is 30.5 Å². The van der Waals surface area contributed by atoms with Crippen LogP contribution in [0.2, 0.25) is 0 Å². The summed E-state index contributed by atoms with van der Waals surface area (Å²) < 4.78 is 5.65. The number of carbonyl (C=O) groups is 1. The maximum atomic E-state index is 11.4. The summed E-state index contributed by atoms with van der Waals surface area (Å²) in [6.07, 6.45) is 3.92. The van der Waals surface area contributed by atoms with Crippen molar-refractivity contribution in [3.63, 3.8) is 0 Å². The molecule has 0 saturated carbocycles. The first-order chi connectivity index (χ1) is 10.7. The smallest absolute Gasteiger partial charge is 0.219 e. The van der Waals surface area contributed by atoms with E-state index in [1.54, 1.807) is 17.5 Å². The molecule has 2 aromatic rings. The SMILES string of the molecule is CCCC(=O)NCCc1csc(COc2ccc(C)nc2)n1. The lowest BCUT2D eigenvalue weighted by Gasteiger charge is -2.03. The molecular weight excluding hydrogens is 298 g/mol. The fourth-order valence-corrected chi connectivity index (χ4v) is 2.60. The molecule has 2 aromatic heterocycles. The Morgan fingerprint density at radius 3 is 3.00 bits per heavy atom. The summed E-state index contributed by atoms with van der Waals surface area (Å²) in [5.74, 6) is 0.849. The zero-order valence-corrected chi connectivity index (χ0v) is 13.8. The van der Waals surface area contributed by atoms with Gasteiger partial charge in [0.05, 0.1) is 11.9 Å². The molecule has 0 fully saturated rings. The average molecular weight is 319 g/mol. The highest BCUT2D eigenvalue weighted by molar-refractivity contribution is 7.09. The van der Waals surface area contributed by atoms with Gasteiger partial charge in [0.25, 0.3) is 0 Å². The third-order valence-electron chi connectivity index (χ3n) is 3.03. The topological polar surface area (TPSA) is 64.1 Å². The summed E-state index contributed by atoms with van der Waals surface area (Å²) in [6, 6.07) is 3.82. The van der Waals surface area contributed by atoms with Crippen molar-refractivity contribution in [3.05, 3.63) is 40.1 Å². The largest absolute Gasteiger partial charge is 0.485 e. The Bertz CT molecular complexity index is 596. The van der Waals surface area contributed by atoms with Crippen LogP contribution in [0.3, 0.4) is 0 Å². The highest BCUT2D eigenvalue weighted by atomic mass is 32.1. The quantitative estimate of drug-likeness (QED) is 0.812. The minimum atomic E-state index is 0.105. The molecule has 2 rings (SSSR count). The molecule has 0 aliphatic heterocycles. The number of rotatable bonds is 8. The Balaban J connectivity index is 1.74. The van der Waals surface area contributed by atoms with Gasteiger partial charge in [0.15, 0.2) is 0 Å². The Morgan fingerprint density at radius 1 is 1.41 bits per heavy atom. The van der Waals surface area contributed by atoms with Gasteiger partial charge in [-0.1, -0.05) is 6.92 Å². The van der Waals surface area contributed by atoms with Gasteiger partial charge >= 0.3 is 0 Å². The van der Waals surface area contributed by atoms with Crippen LogP contribution in [0.4, 0.5) is 0 Å². The van der Waals surface area contributed by atoms with Crippen molar-refractivity contribution in [2.45, 2.75) is 39.7 Å². The zero-order valence-electron chi connectivity index (χ0n) is 13.0. The van der Waals surface area contributed by atoms with Crippen molar-refractivity contribution in [2.24, 2.45) is 0 Å². The third kappa shape index (κ3) is 5.44. The molecule has 0 aromatic carbocycles. The van der Waals surface area contributed by atoms with Gasteiger partial charge < -0.3 is 10.1 Å². The number of pyridine rings is 1. The molecule has 0 aliphatic rings. The van der Waals surface area contributed by atoms with Crippen LogP contribution < -0.4 is 10.1 Å². The maximum absolute atomic E-state index is 11.4. The highest BCUT2D eigenvalue weighted by Gasteiger charge is 2.05. The van der Waals surface area contributed by atoms with E-state index >= 15 is 0 Å². The summed E-state index contributed by atoms with van der Waals surface area (Å²) in [7, 11) is 0. The molecular formula is C16H21N3O2S. The number of ether oxygens (including phenoxy) is 1. The number of aryl methyl sites for hydroxylation is 1. The van der Waals surface area contributed by atoms with Crippen molar-refractivity contribution in [1.29, 1.82) is 0 Å². The van der Waals surface area contributed by atoms with Gasteiger partial charge in [-0.3, -0.25) is 9.78 Å². The Morgan fingerprint density at radius 2 is 2.27 bits per heavy atom. The fourth-order valence-electron chi connectivity index (χ4n) is 1.86. The first-order valence-electron chi connectivity index (χ1n) is 7.43. The van der Waals surface area contributed by atoms with Gasteiger partial charge in [-0.25, -0.2) is 4.98 Å². The van der Waals surface area contributed by atoms with Crippen molar-refractivity contribution in [3.8, 4) is 5.75 Å². The van der Waals surface area contributed by atoms with Crippen LogP contribution in [-0.2, 0) is 17.8 Å². The van der Waals surface area contributed by atoms with Crippen LogP contribution in [-0.4, -0.2) is 22.4 Å². The molecule has 0 aliphatic carbocycles. The maximum Gasteiger partial charge on any atom is 0.219 e. The average Bonchev–Trinajstić information content (AvgIpc) is 2.95. The van der Waals surface area contributed by atoms with Crippen LogP contribution in [0.25, 0.3) is 0 Å². The number of amides is 1. The fraction of sp³-hybridized carbons (Fsp3) is 0.438. The minimum Gasteiger partial charge on any atom is -0.485 e. The standard InChI is InChI=1S/C16H21N3O2S/c1-3-4-15(20)17-8-7-13-11-22-16(19-13)10-21-14-6-5-12(2)18-9-14/h5-6,9,11H,3-4,7-8,10H2,1-2H3,(H,17,20). The second-order valence-electron chi connectivity index (χ2n) is 5.01. The van der Waals surface area contributed by atoms with Gasteiger partial charge in [-0.15, -0.1) is 11.3 Å². The first-order valence-corrected chi connectivity index (χ1v) is 8.30. The van der Waals surface area contributed by atoms with E-state index in [1.165, 1.54) is 0 Å². The summed E-state index contributed by atoms with van der Waals surface area (Å²) in [4.78, 5) is 20.1. The van der Waals surface area contributed by atoms with E-state index in [1.807, 2.05) is 31.4 Å². The second kappa shape index (κ2) is 8.48. The molecule has 0 saturated heterocycles. The Labute approximate surface area is 134 Å². The van der Waals surface area contributed by atoms with E-state index in [0.29, 0.717) is 19.6 Å². The Kier molecular flexibility index (Phi) is 6.33. The van der Waals surface area contributed by atoms with Gasteiger partial charge in [0.1, 0.15) is 17.4 Å². The van der Waals surface area contributed by atoms with E-state index < -0.39 is 0 Å². The van der Waals surface area contributed by atoms with Crippen LogP contribution in [0, 0.1) is 6.92 Å². The van der Waals surface area contributed by atoms with Crippen LogP contribution >= 0.6 is 11.3 Å². The van der Waals surface area contributed by atoms with Gasteiger partial charge in [0.2, 0.25) is 5.91 Å². The first kappa shape index (κ1) is 16.4. The lowest BCUT2D eigenvalue weighted by molar-refractivity contribution is -0.121. The lowest BCUT2D eigenvalue weighted by atomic mass is 10.3. The molecule has 6 heteroatoms. The van der Waals surface area contributed by atoms with Crippen LogP contribution in [0.5, 0.6) is 5.75 Å². The van der Waals surface area contributed by atoms with E-state index in [2.05, 4.69) is 15.3 Å². The van der Waals surface area contributed by atoms with E-state index in [4.69, 9.17) is 4.74 Å². The second-order valence-corrected chi connectivity index (χ2v) is 5.95. The molecule has 0 unspecified atom stereocenters. The van der Waals surface area contributed by atoms with E-state index in [9.17, 15) is 4.79 Å². The molecule has 0 radical (unpaired) electrons. The van der Waals surface area contributed by atoms with Crippen molar-refractivity contribution in [1.82, 2.24) is 15.3 Å². The number of nitrogens with one attached hydrogen (secondary N) is 1. The summed E-state index contributed by atoms with van der Waals surface area (Å²) >= 11 is 1.57. The van der Waals surface area contributed by atoms with Gasteiger partial charge in [-0.2, -0.15) is 0 Å². The number of nitrogens with zero attached hydrogens (tertiary/aromatic N) is 2. The predicted octanol–water partition coefficient (Wildman–Crippen LogP) is 2.88. The summed E-state index contributed by atoms with van der Waals surface area (Å²) in [6.45, 7) is 5.01. The molecule has 2 heterocycles. The number of hydrogen-bond donors (Lipinski definition) is 1. The molecule has 118 valence electrons. The Hall–Kier alpha value is -1.95. The van der Waals surface area contributed by atoms with E-state index in [0.717, 1.165) is 35.0 Å². The lowest BCUT2D eigenvalue weighted by Crippen LogP contribution is -2.25. The van der Waals surface area contributed by atoms with Crippen LogP contribution in [0.1, 0.15) is 36.2 Å². The number of aromatic nitrogens is 2. The molecule has 0 spiro atoms. The highest BCUT2D eigenvalue weighted by Crippen LogP contribution is 2.15. The summed E-state index contributed by atoms with van der Waals surface area (Å²) in [5.41, 5.74) is 1.96. The molecule has 5 nitrogen and oxygen atoms in total. The van der Waals surface area contributed by atoms with Gasteiger partial charge in [-0.05, 0) is 25.5 Å². The third-order valence-corrected chi connectivity index (χ3v) is 3.90. The zero-order chi connectivity index (χ0) is 15.8. The predicted molar refractivity (Wildman–Crippen MR) is 87.0 cm³/mol.